The molecule has 0 bridgehead atoms. The maximum absolute atomic E-state index is 8.34. The van der Waals surface area contributed by atoms with E-state index in [4.69, 9.17) is 15.2 Å². The summed E-state index contributed by atoms with van der Waals surface area (Å²) in [6, 6.07) is 0. The van der Waals surface area contributed by atoms with Crippen LogP contribution < -0.4 is 0 Å². The number of hydrogen-bond acceptors (Lipinski definition) is 3. The predicted octanol–water partition coefficient (Wildman–Crippen LogP) is 2.82. The van der Waals surface area contributed by atoms with Crippen LogP contribution >= 0.6 is 33.7 Å². The molecule has 4 heteroatoms. The average Bonchev–Trinajstić information content (AvgIpc) is 1.72. The molecule has 1 N–H and O–H groups in total. The van der Waals surface area contributed by atoms with E-state index >= 15 is 0 Å². The van der Waals surface area contributed by atoms with E-state index in [2.05, 4.69) is 0 Å². The Morgan fingerprint density at radius 3 is 2.43 bits per heavy atom. The molecule has 0 spiro atoms. The SMILES string of the molecule is CCC(SO)SCl. The Labute approximate surface area is 56.5 Å². The van der Waals surface area contributed by atoms with Crippen molar-refractivity contribution in [1.82, 2.24) is 0 Å². The van der Waals surface area contributed by atoms with Gasteiger partial charge in [0, 0.05) is 12.0 Å². The fourth-order valence-corrected chi connectivity index (χ4v) is 1.23. The van der Waals surface area contributed by atoms with Crippen LogP contribution in [0.5, 0.6) is 0 Å². The van der Waals surface area contributed by atoms with Crippen molar-refractivity contribution >= 4 is 33.7 Å². The summed E-state index contributed by atoms with van der Waals surface area (Å²) >= 11 is 0.801. The summed E-state index contributed by atoms with van der Waals surface area (Å²) in [5.74, 6) is 0. The zero-order chi connectivity index (χ0) is 5.70. The molecule has 0 saturated heterocycles. The van der Waals surface area contributed by atoms with Gasteiger partial charge in [-0.2, -0.15) is 0 Å². The zero-order valence-corrected chi connectivity index (χ0v) is 6.32. The van der Waals surface area contributed by atoms with Gasteiger partial charge in [-0.1, -0.05) is 6.92 Å². The van der Waals surface area contributed by atoms with Crippen LogP contribution in [0.2, 0.25) is 0 Å². The molecule has 0 heterocycles. The van der Waals surface area contributed by atoms with Crippen LogP contribution in [-0.4, -0.2) is 9.13 Å². The molecule has 0 amide bonds. The highest BCUT2D eigenvalue weighted by Crippen LogP contribution is 2.26. The Morgan fingerprint density at radius 2 is 2.43 bits per heavy atom. The minimum Gasteiger partial charge on any atom is -0.329 e. The third-order valence-corrected chi connectivity index (χ3v) is 3.16. The zero-order valence-electron chi connectivity index (χ0n) is 3.93. The summed E-state index contributed by atoms with van der Waals surface area (Å²) in [7, 11) is 6.46. The highest BCUT2D eigenvalue weighted by atomic mass is 35.7. The third kappa shape index (κ3) is 3.53. The minimum absolute atomic E-state index is 0.140. The Bertz CT molecular complexity index is 34.4. The maximum atomic E-state index is 8.34. The van der Waals surface area contributed by atoms with Gasteiger partial charge in [0.25, 0.3) is 0 Å². The van der Waals surface area contributed by atoms with Crippen LogP contribution in [0.3, 0.4) is 0 Å². The predicted molar refractivity (Wildman–Crippen MR) is 37.7 cm³/mol. The molecule has 0 aliphatic rings. The molecule has 0 aliphatic carbocycles. The largest absolute Gasteiger partial charge is 0.329 e. The molecule has 0 aromatic carbocycles. The van der Waals surface area contributed by atoms with E-state index in [1.807, 2.05) is 6.92 Å². The molecule has 0 aromatic rings. The highest BCUT2D eigenvalue weighted by molar-refractivity contribution is 8.28. The molecule has 0 rings (SSSR count). The van der Waals surface area contributed by atoms with Crippen LogP contribution in [0.1, 0.15) is 13.3 Å². The lowest BCUT2D eigenvalue weighted by Gasteiger charge is -2.00. The standard InChI is InChI=1S/C3H7ClOS2/c1-2-3(6-4)7-5/h3,5H,2H2,1H3. The van der Waals surface area contributed by atoms with Gasteiger partial charge in [0.1, 0.15) is 0 Å². The topological polar surface area (TPSA) is 20.2 Å². The number of halogens is 1. The third-order valence-electron chi connectivity index (χ3n) is 0.550. The Kier molecular flexibility index (Phi) is 5.79. The van der Waals surface area contributed by atoms with Gasteiger partial charge < -0.3 is 4.55 Å². The summed E-state index contributed by atoms with van der Waals surface area (Å²) in [5.41, 5.74) is 0. The molecule has 0 saturated carbocycles. The molecular formula is C3H7ClOS2. The lowest BCUT2D eigenvalue weighted by atomic mass is 10.6. The fourth-order valence-electron chi connectivity index (χ4n) is 0.154. The van der Waals surface area contributed by atoms with Gasteiger partial charge in [-0.25, -0.2) is 0 Å². The molecule has 0 aromatic heterocycles. The van der Waals surface area contributed by atoms with Gasteiger partial charge in [0.2, 0.25) is 0 Å². The van der Waals surface area contributed by atoms with Crippen LogP contribution in [0, 0.1) is 0 Å². The van der Waals surface area contributed by atoms with E-state index < -0.39 is 0 Å². The Hall–Kier alpha value is 0.950. The van der Waals surface area contributed by atoms with Crippen molar-refractivity contribution in [3.63, 3.8) is 0 Å². The highest BCUT2D eigenvalue weighted by Gasteiger charge is 2.01. The maximum Gasteiger partial charge on any atom is 0.0911 e. The van der Waals surface area contributed by atoms with Gasteiger partial charge in [-0.3, -0.25) is 0 Å². The van der Waals surface area contributed by atoms with Crippen molar-refractivity contribution in [3.8, 4) is 0 Å². The van der Waals surface area contributed by atoms with Crippen molar-refractivity contribution < 1.29 is 4.55 Å². The van der Waals surface area contributed by atoms with Crippen LogP contribution in [-0.2, 0) is 0 Å². The van der Waals surface area contributed by atoms with E-state index in [9.17, 15) is 0 Å². The molecule has 1 unspecified atom stereocenters. The van der Waals surface area contributed by atoms with Crippen LogP contribution in [0.15, 0.2) is 0 Å². The first-order chi connectivity index (χ1) is 3.35. The van der Waals surface area contributed by atoms with Crippen LogP contribution in [0.25, 0.3) is 0 Å². The first-order valence-corrected chi connectivity index (χ1v) is 4.47. The summed E-state index contributed by atoms with van der Waals surface area (Å²) in [6.45, 7) is 1.98. The lowest BCUT2D eigenvalue weighted by Crippen LogP contribution is -1.87. The van der Waals surface area contributed by atoms with Crippen molar-refractivity contribution in [3.05, 3.63) is 0 Å². The average molecular weight is 159 g/mol. The van der Waals surface area contributed by atoms with E-state index in [1.54, 1.807) is 0 Å². The van der Waals surface area contributed by atoms with Crippen molar-refractivity contribution in [1.29, 1.82) is 0 Å². The summed E-state index contributed by atoms with van der Waals surface area (Å²) < 4.78 is 8.48. The van der Waals surface area contributed by atoms with E-state index in [0.29, 0.717) is 0 Å². The van der Waals surface area contributed by atoms with E-state index in [0.717, 1.165) is 29.4 Å². The molecule has 7 heavy (non-hydrogen) atoms. The second kappa shape index (κ2) is 5.09. The summed E-state index contributed by atoms with van der Waals surface area (Å²) in [4.78, 5) is 0. The molecule has 1 atom stereocenters. The van der Waals surface area contributed by atoms with Gasteiger partial charge in [0.05, 0.1) is 4.58 Å². The van der Waals surface area contributed by atoms with Gasteiger partial charge in [0.15, 0.2) is 0 Å². The number of rotatable bonds is 3. The summed E-state index contributed by atoms with van der Waals surface area (Å²) in [6.07, 6.45) is 0.898. The summed E-state index contributed by atoms with van der Waals surface area (Å²) in [5, 5.41) is 0. The molecule has 0 aliphatic heterocycles. The molecular weight excluding hydrogens is 152 g/mol. The van der Waals surface area contributed by atoms with Gasteiger partial charge >= 0.3 is 0 Å². The van der Waals surface area contributed by atoms with E-state index in [1.165, 1.54) is 0 Å². The first kappa shape index (κ1) is 7.95. The van der Waals surface area contributed by atoms with Crippen molar-refractivity contribution in [2.45, 2.75) is 17.9 Å². The quantitative estimate of drug-likeness (QED) is 0.504. The monoisotopic (exact) mass is 158 g/mol. The van der Waals surface area contributed by atoms with Crippen molar-refractivity contribution in [2.75, 3.05) is 0 Å². The van der Waals surface area contributed by atoms with E-state index in [-0.39, 0.29) is 4.58 Å². The second-order valence-corrected chi connectivity index (χ2v) is 3.39. The first-order valence-electron chi connectivity index (χ1n) is 1.92. The van der Waals surface area contributed by atoms with Crippen LogP contribution in [0.4, 0.5) is 0 Å². The fraction of sp³-hybridized carbons (Fsp3) is 1.00. The number of hydrogen-bond donors (Lipinski definition) is 1. The van der Waals surface area contributed by atoms with Crippen molar-refractivity contribution in [2.24, 2.45) is 0 Å². The molecule has 1 nitrogen and oxygen atoms in total. The van der Waals surface area contributed by atoms with Gasteiger partial charge in [-0.15, -0.1) is 0 Å². The molecule has 0 radical (unpaired) electrons. The molecule has 0 fully saturated rings. The lowest BCUT2D eigenvalue weighted by molar-refractivity contribution is 0.659. The Balaban J connectivity index is 2.99. The normalized spacial score (nSPS) is 14.1. The van der Waals surface area contributed by atoms with Gasteiger partial charge in [-0.05, 0) is 28.1 Å². The molecule has 44 valence electrons. The Morgan fingerprint density at radius 1 is 1.86 bits per heavy atom. The second-order valence-electron chi connectivity index (χ2n) is 1.03. The minimum atomic E-state index is 0.140. The smallest absolute Gasteiger partial charge is 0.0911 e.